The van der Waals surface area contributed by atoms with Crippen molar-refractivity contribution in [2.45, 2.75) is 46.1 Å². The summed E-state index contributed by atoms with van der Waals surface area (Å²) in [5, 5.41) is 11.7. The summed E-state index contributed by atoms with van der Waals surface area (Å²) in [6.07, 6.45) is 6.80. The molecule has 1 amide bonds. The van der Waals surface area contributed by atoms with E-state index < -0.39 is 0 Å². The summed E-state index contributed by atoms with van der Waals surface area (Å²) in [5.41, 5.74) is 0.857. The van der Waals surface area contributed by atoms with Crippen molar-refractivity contribution in [1.29, 1.82) is 0 Å². The van der Waals surface area contributed by atoms with E-state index in [-0.39, 0.29) is 23.4 Å². The van der Waals surface area contributed by atoms with Gasteiger partial charge in [-0.05, 0) is 25.0 Å². The molecule has 4 heteroatoms. The minimum absolute atomic E-state index is 0.0886. The molecule has 0 aliphatic heterocycles. The zero-order valence-electron chi connectivity index (χ0n) is 11.2. The van der Waals surface area contributed by atoms with Crippen molar-refractivity contribution in [3.8, 4) is 0 Å². The monoisotopic (exact) mass is 250 g/mol. The summed E-state index contributed by atoms with van der Waals surface area (Å²) in [6.45, 7) is 4.29. The molecular formula is C14H22N2O2. The molecule has 0 radical (unpaired) electrons. The number of hydrogen-bond donors (Lipinski definition) is 1. The summed E-state index contributed by atoms with van der Waals surface area (Å²) < 4.78 is 0. The Kier molecular flexibility index (Phi) is 6.54. The molecule has 0 saturated heterocycles. The average Bonchev–Trinajstić information content (AvgIpc) is 2.39. The molecule has 4 nitrogen and oxygen atoms in total. The fourth-order valence-corrected chi connectivity index (χ4v) is 2.10. The molecule has 1 N–H and O–H groups in total. The van der Waals surface area contributed by atoms with Gasteiger partial charge in [-0.3, -0.25) is 4.98 Å². The van der Waals surface area contributed by atoms with Crippen LogP contribution in [0, 0.1) is 11.1 Å². The van der Waals surface area contributed by atoms with Gasteiger partial charge in [0.25, 0.3) is 0 Å². The summed E-state index contributed by atoms with van der Waals surface area (Å²) in [5.74, 6) is -0.287. The van der Waals surface area contributed by atoms with E-state index in [0.717, 1.165) is 31.2 Å². The van der Waals surface area contributed by atoms with E-state index in [2.05, 4.69) is 4.98 Å². The minimum atomic E-state index is -0.270. The van der Waals surface area contributed by atoms with Crippen molar-refractivity contribution in [3.05, 3.63) is 35.3 Å². The lowest BCUT2D eigenvalue weighted by Gasteiger charge is -2.24. The lowest BCUT2D eigenvalue weighted by Crippen LogP contribution is -3.09. The number of amides is 1. The molecule has 18 heavy (non-hydrogen) atoms. The fraction of sp³-hybridized carbons (Fsp3) is 0.571. The van der Waals surface area contributed by atoms with Gasteiger partial charge in [0, 0.05) is 18.0 Å². The van der Waals surface area contributed by atoms with Crippen molar-refractivity contribution in [2.24, 2.45) is 5.92 Å². The maximum Gasteiger partial charge on any atom is 0.315 e. The molecule has 0 saturated carbocycles. The number of nitrogens with zero attached hydrogens (tertiary/aromatic N) is 1. The zero-order valence-corrected chi connectivity index (χ0v) is 11.2. The van der Waals surface area contributed by atoms with Gasteiger partial charge >= 0.3 is 5.91 Å². The number of rotatable bonds is 7. The van der Waals surface area contributed by atoms with Gasteiger partial charge in [-0.2, -0.15) is 0 Å². The number of hydroxylamine groups is 2. The Hall–Kier alpha value is -1.26. The molecule has 1 rings (SSSR count). The van der Waals surface area contributed by atoms with E-state index in [4.69, 9.17) is 0 Å². The lowest BCUT2D eigenvalue weighted by atomic mass is 9.97. The largest absolute Gasteiger partial charge is 0.626 e. The van der Waals surface area contributed by atoms with Crippen LogP contribution in [-0.2, 0) is 11.3 Å². The van der Waals surface area contributed by atoms with Crippen LogP contribution < -0.4 is 5.06 Å². The van der Waals surface area contributed by atoms with Crippen LogP contribution in [0.1, 0.15) is 45.1 Å². The summed E-state index contributed by atoms with van der Waals surface area (Å²) in [6, 6.07) is 3.56. The van der Waals surface area contributed by atoms with Crippen LogP contribution in [0.3, 0.4) is 0 Å². The van der Waals surface area contributed by atoms with Gasteiger partial charge in [-0.1, -0.05) is 26.7 Å². The fourth-order valence-electron chi connectivity index (χ4n) is 2.10. The second kappa shape index (κ2) is 7.95. The number of quaternary nitrogens is 1. The first kappa shape index (κ1) is 14.8. The van der Waals surface area contributed by atoms with Crippen LogP contribution in [0.25, 0.3) is 0 Å². The van der Waals surface area contributed by atoms with Crippen molar-refractivity contribution in [1.82, 2.24) is 4.98 Å². The van der Waals surface area contributed by atoms with Crippen molar-refractivity contribution in [2.75, 3.05) is 0 Å². The topological polar surface area (TPSA) is 57.5 Å². The molecule has 0 fully saturated rings. The minimum Gasteiger partial charge on any atom is -0.626 e. The van der Waals surface area contributed by atoms with Gasteiger partial charge in [0.15, 0.2) is 0 Å². The van der Waals surface area contributed by atoms with Crippen LogP contribution in [0.2, 0.25) is 0 Å². The Bertz CT molecular complexity index is 348. The maximum absolute atomic E-state index is 12.1. The Morgan fingerprint density at radius 2 is 1.83 bits per heavy atom. The van der Waals surface area contributed by atoms with E-state index in [1.807, 2.05) is 13.8 Å². The van der Waals surface area contributed by atoms with Crippen LogP contribution in [-0.4, -0.2) is 10.9 Å². The van der Waals surface area contributed by atoms with E-state index in [1.165, 1.54) is 0 Å². The standard InChI is InChI=1S/C14H22N2O2/c1-3-5-13(6-4-2)14(17)16(18)11-12-7-9-15-10-8-12/h7-10,13,16H,3-6,11H2,1-2H3. The number of aromatic nitrogens is 1. The number of pyridine rings is 1. The highest BCUT2D eigenvalue weighted by Crippen LogP contribution is 2.12. The average molecular weight is 250 g/mol. The number of nitrogens with one attached hydrogen (secondary N) is 1. The van der Waals surface area contributed by atoms with Gasteiger partial charge in [0.2, 0.25) is 0 Å². The van der Waals surface area contributed by atoms with Crippen LogP contribution >= 0.6 is 0 Å². The van der Waals surface area contributed by atoms with E-state index in [0.29, 0.717) is 0 Å². The molecule has 100 valence electrons. The highest BCUT2D eigenvalue weighted by Gasteiger charge is 2.23. The summed E-state index contributed by atoms with van der Waals surface area (Å²) in [4.78, 5) is 16.0. The van der Waals surface area contributed by atoms with Gasteiger partial charge in [-0.25, -0.2) is 4.79 Å². The summed E-state index contributed by atoms with van der Waals surface area (Å²) >= 11 is 0. The second-order valence-electron chi connectivity index (χ2n) is 4.59. The van der Waals surface area contributed by atoms with Gasteiger partial charge in [-0.15, -0.1) is 0 Å². The molecule has 0 bridgehead atoms. The smallest absolute Gasteiger partial charge is 0.315 e. The molecule has 0 spiro atoms. The summed E-state index contributed by atoms with van der Waals surface area (Å²) in [7, 11) is 0. The van der Waals surface area contributed by atoms with Gasteiger partial charge in [0.05, 0.1) is 5.92 Å². The first-order valence-corrected chi connectivity index (χ1v) is 6.65. The van der Waals surface area contributed by atoms with Crippen LogP contribution in [0.15, 0.2) is 24.5 Å². The number of hydrogen-bond acceptors (Lipinski definition) is 3. The molecule has 1 aromatic rings. The quantitative estimate of drug-likeness (QED) is 0.749. The first-order valence-electron chi connectivity index (χ1n) is 6.65. The third-order valence-corrected chi connectivity index (χ3v) is 3.03. The molecule has 1 aromatic heterocycles. The zero-order chi connectivity index (χ0) is 13.4. The predicted molar refractivity (Wildman–Crippen MR) is 70.6 cm³/mol. The Balaban J connectivity index is 2.58. The molecule has 1 unspecified atom stereocenters. The van der Waals surface area contributed by atoms with E-state index in [1.54, 1.807) is 24.5 Å². The molecule has 0 aromatic carbocycles. The third kappa shape index (κ3) is 4.55. The highest BCUT2D eigenvalue weighted by atomic mass is 16.5. The molecular weight excluding hydrogens is 228 g/mol. The van der Waals surface area contributed by atoms with Gasteiger partial charge in [0.1, 0.15) is 6.54 Å². The van der Waals surface area contributed by atoms with Crippen LogP contribution in [0.5, 0.6) is 0 Å². The second-order valence-corrected chi connectivity index (χ2v) is 4.59. The first-order chi connectivity index (χ1) is 8.69. The van der Waals surface area contributed by atoms with Crippen molar-refractivity contribution in [3.63, 3.8) is 0 Å². The Labute approximate surface area is 109 Å². The molecule has 1 heterocycles. The number of carbonyl (C=O) groups excluding carboxylic acids is 1. The Morgan fingerprint density at radius 1 is 1.28 bits per heavy atom. The Morgan fingerprint density at radius 3 is 2.33 bits per heavy atom. The lowest BCUT2D eigenvalue weighted by molar-refractivity contribution is -0.782. The predicted octanol–water partition coefficient (Wildman–Crippen LogP) is 1.71. The van der Waals surface area contributed by atoms with E-state index >= 15 is 0 Å². The van der Waals surface area contributed by atoms with Gasteiger partial charge < -0.3 is 10.3 Å². The SMILES string of the molecule is CCCC(CCC)C(=O)[NH+]([O-])Cc1ccncc1. The van der Waals surface area contributed by atoms with E-state index in [9.17, 15) is 10.0 Å². The van der Waals surface area contributed by atoms with Crippen molar-refractivity contribution < 1.29 is 9.86 Å². The van der Waals surface area contributed by atoms with Crippen molar-refractivity contribution >= 4 is 5.91 Å². The normalized spacial score (nSPS) is 12.7. The third-order valence-electron chi connectivity index (χ3n) is 3.03. The molecule has 0 aliphatic rings. The molecule has 1 atom stereocenters. The maximum atomic E-state index is 12.1. The highest BCUT2D eigenvalue weighted by molar-refractivity contribution is 5.69. The number of carbonyl (C=O) groups is 1. The van der Waals surface area contributed by atoms with Crippen LogP contribution in [0.4, 0.5) is 0 Å². The molecule has 0 aliphatic carbocycles.